The van der Waals surface area contributed by atoms with Crippen molar-refractivity contribution in [2.75, 3.05) is 19.5 Å². The van der Waals surface area contributed by atoms with Gasteiger partial charge in [-0.2, -0.15) is 0 Å². The molecule has 0 aliphatic carbocycles. The van der Waals surface area contributed by atoms with Crippen molar-refractivity contribution in [1.29, 1.82) is 0 Å². The van der Waals surface area contributed by atoms with Crippen LogP contribution in [0.15, 0.2) is 18.2 Å². The lowest BCUT2D eigenvalue weighted by molar-refractivity contribution is 0.170. The summed E-state index contributed by atoms with van der Waals surface area (Å²) >= 11 is 0. The molecule has 1 aromatic carbocycles. The fourth-order valence-electron chi connectivity index (χ4n) is 1.85. The third-order valence-electron chi connectivity index (χ3n) is 2.91. The van der Waals surface area contributed by atoms with Crippen molar-refractivity contribution in [3.05, 3.63) is 29.6 Å². The first-order valence-corrected chi connectivity index (χ1v) is 5.60. The summed E-state index contributed by atoms with van der Waals surface area (Å²) in [5, 5.41) is 0. The number of benzene rings is 1. The minimum Gasteiger partial charge on any atom is -0.398 e. The lowest BCUT2D eigenvalue weighted by Gasteiger charge is -2.24. The van der Waals surface area contributed by atoms with Gasteiger partial charge in [0.2, 0.25) is 0 Å². The lowest BCUT2D eigenvalue weighted by Crippen LogP contribution is -2.33. The Morgan fingerprint density at radius 1 is 1.47 bits per heavy atom. The quantitative estimate of drug-likeness (QED) is 0.402. The van der Waals surface area contributed by atoms with Crippen molar-refractivity contribution in [2.24, 2.45) is 11.8 Å². The molecule has 0 saturated heterocycles. The number of hydrazine groups is 1. The Kier molecular flexibility index (Phi) is 5.34. The third-order valence-corrected chi connectivity index (χ3v) is 2.91. The first kappa shape index (κ1) is 13.9. The van der Waals surface area contributed by atoms with E-state index < -0.39 is 0 Å². The van der Waals surface area contributed by atoms with Crippen LogP contribution in [0.4, 0.5) is 10.1 Å². The van der Waals surface area contributed by atoms with E-state index in [9.17, 15) is 4.39 Å². The molecule has 0 aliphatic rings. The van der Waals surface area contributed by atoms with Gasteiger partial charge in [-0.3, -0.25) is 11.3 Å². The number of anilines is 1. The number of rotatable bonds is 6. The Morgan fingerprint density at radius 2 is 2.18 bits per heavy atom. The SMILES string of the molecule is COCCC(C)C(NN)c1cc(F)ccc1N. The average Bonchev–Trinajstić information content (AvgIpc) is 2.32. The molecule has 0 fully saturated rings. The number of hydrogen-bond acceptors (Lipinski definition) is 4. The van der Waals surface area contributed by atoms with Gasteiger partial charge in [0, 0.05) is 19.4 Å². The van der Waals surface area contributed by atoms with Crippen LogP contribution in [0.25, 0.3) is 0 Å². The third kappa shape index (κ3) is 3.66. The zero-order chi connectivity index (χ0) is 12.8. The fraction of sp³-hybridized carbons (Fsp3) is 0.500. The number of nitrogens with two attached hydrogens (primary N) is 2. The van der Waals surface area contributed by atoms with Crippen LogP contribution in [0.2, 0.25) is 0 Å². The van der Waals surface area contributed by atoms with Crippen LogP contribution in [0.1, 0.15) is 24.9 Å². The van der Waals surface area contributed by atoms with Crippen molar-refractivity contribution >= 4 is 5.69 Å². The molecule has 2 unspecified atom stereocenters. The van der Waals surface area contributed by atoms with Gasteiger partial charge in [0.05, 0.1) is 6.04 Å². The monoisotopic (exact) mass is 241 g/mol. The molecule has 0 saturated carbocycles. The largest absolute Gasteiger partial charge is 0.398 e. The molecule has 4 nitrogen and oxygen atoms in total. The summed E-state index contributed by atoms with van der Waals surface area (Å²) in [5.74, 6) is 5.41. The molecule has 0 aliphatic heterocycles. The summed E-state index contributed by atoms with van der Waals surface area (Å²) in [5.41, 5.74) is 9.76. The van der Waals surface area contributed by atoms with Gasteiger partial charge >= 0.3 is 0 Å². The van der Waals surface area contributed by atoms with E-state index >= 15 is 0 Å². The van der Waals surface area contributed by atoms with Crippen molar-refractivity contribution in [1.82, 2.24) is 5.43 Å². The molecule has 96 valence electrons. The predicted octanol–water partition coefficient (Wildman–Crippen LogP) is 1.58. The van der Waals surface area contributed by atoms with Crippen LogP contribution in [0, 0.1) is 11.7 Å². The van der Waals surface area contributed by atoms with Gasteiger partial charge in [-0.05, 0) is 36.1 Å². The van der Waals surface area contributed by atoms with Gasteiger partial charge in [-0.1, -0.05) is 6.92 Å². The molecule has 0 aromatic heterocycles. The first-order valence-electron chi connectivity index (χ1n) is 5.60. The summed E-state index contributed by atoms with van der Waals surface area (Å²) in [6, 6.07) is 4.13. The number of nitrogen functional groups attached to an aromatic ring is 1. The Morgan fingerprint density at radius 3 is 2.76 bits per heavy atom. The van der Waals surface area contributed by atoms with Gasteiger partial charge in [-0.15, -0.1) is 0 Å². The van der Waals surface area contributed by atoms with Gasteiger partial charge < -0.3 is 10.5 Å². The fourth-order valence-corrected chi connectivity index (χ4v) is 1.85. The molecule has 0 spiro atoms. The van der Waals surface area contributed by atoms with E-state index in [0.29, 0.717) is 17.9 Å². The molecule has 5 heteroatoms. The summed E-state index contributed by atoms with van der Waals surface area (Å²) in [4.78, 5) is 0. The molecule has 0 radical (unpaired) electrons. The maximum absolute atomic E-state index is 13.2. The molecule has 5 N–H and O–H groups in total. The average molecular weight is 241 g/mol. The van der Waals surface area contributed by atoms with Crippen molar-refractivity contribution < 1.29 is 9.13 Å². The zero-order valence-corrected chi connectivity index (χ0v) is 10.2. The Balaban J connectivity index is 2.88. The molecule has 0 amide bonds. The van der Waals surface area contributed by atoms with Crippen LogP contribution in [-0.2, 0) is 4.74 Å². The highest BCUT2D eigenvalue weighted by Gasteiger charge is 2.20. The van der Waals surface area contributed by atoms with Crippen molar-refractivity contribution in [3.8, 4) is 0 Å². The second-order valence-electron chi connectivity index (χ2n) is 4.18. The van der Waals surface area contributed by atoms with E-state index in [1.54, 1.807) is 13.2 Å². The van der Waals surface area contributed by atoms with Gasteiger partial charge in [0.15, 0.2) is 0 Å². The maximum Gasteiger partial charge on any atom is 0.123 e. The number of ether oxygens (including phenoxy) is 1. The van der Waals surface area contributed by atoms with Crippen LogP contribution >= 0.6 is 0 Å². The highest BCUT2D eigenvalue weighted by Crippen LogP contribution is 2.28. The molecule has 1 rings (SSSR count). The minimum atomic E-state index is -0.312. The highest BCUT2D eigenvalue weighted by molar-refractivity contribution is 5.48. The minimum absolute atomic E-state index is 0.180. The summed E-state index contributed by atoms with van der Waals surface area (Å²) < 4.78 is 18.2. The van der Waals surface area contributed by atoms with Crippen LogP contribution in [0.5, 0.6) is 0 Å². The predicted molar refractivity (Wildman–Crippen MR) is 66.5 cm³/mol. The number of halogens is 1. The van der Waals surface area contributed by atoms with Crippen molar-refractivity contribution in [3.63, 3.8) is 0 Å². The first-order chi connectivity index (χ1) is 8.10. The van der Waals surface area contributed by atoms with Crippen LogP contribution < -0.4 is 17.0 Å². The molecular weight excluding hydrogens is 221 g/mol. The van der Waals surface area contributed by atoms with Gasteiger partial charge in [-0.25, -0.2) is 4.39 Å². The Bertz CT molecular complexity index is 360. The summed E-state index contributed by atoms with van der Waals surface area (Å²) in [7, 11) is 1.65. The van der Waals surface area contributed by atoms with E-state index in [-0.39, 0.29) is 17.8 Å². The summed E-state index contributed by atoms with van der Waals surface area (Å²) in [6.07, 6.45) is 0.821. The molecule has 2 atom stereocenters. The number of nitrogens with one attached hydrogen (secondary N) is 1. The van der Waals surface area contributed by atoms with E-state index in [0.717, 1.165) is 6.42 Å². The molecule has 0 heterocycles. The highest BCUT2D eigenvalue weighted by atomic mass is 19.1. The molecule has 1 aromatic rings. The zero-order valence-electron chi connectivity index (χ0n) is 10.2. The van der Waals surface area contributed by atoms with Gasteiger partial charge in [0.1, 0.15) is 5.82 Å². The second-order valence-corrected chi connectivity index (χ2v) is 4.18. The second kappa shape index (κ2) is 6.54. The van der Waals surface area contributed by atoms with Crippen LogP contribution in [-0.4, -0.2) is 13.7 Å². The van der Waals surface area contributed by atoms with E-state index in [1.165, 1.54) is 12.1 Å². The maximum atomic E-state index is 13.2. The van der Waals surface area contributed by atoms with Gasteiger partial charge in [0.25, 0.3) is 0 Å². The van der Waals surface area contributed by atoms with E-state index in [1.807, 2.05) is 6.92 Å². The van der Waals surface area contributed by atoms with E-state index in [2.05, 4.69) is 5.43 Å². The Hall–Kier alpha value is -1.17. The lowest BCUT2D eigenvalue weighted by atomic mass is 9.91. The van der Waals surface area contributed by atoms with Crippen molar-refractivity contribution in [2.45, 2.75) is 19.4 Å². The molecule has 17 heavy (non-hydrogen) atoms. The number of hydrogen-bond donors (Lipinski definition) is 3. The molecule has 0 bridgehead atoms. The number of methoxy groups -OCH3 is 1. The van der Waals surface area contributed by atoms with Crippen LogP contribution in [0.3, 0.4) is 0 Å². The smallest absolute Gasteiger partial charge is 0.123 e. The van der Waals surface area contributed by atoms with E-state index in [4.69, 9.17) is 16.3 Å². The normalized spacial score (nSPS) is 14.6. The molecular formula is C12H20FN3O. The Labute approximate surface area is 101 Å². The summed E-state index contributed by atoms with van der Waals surface area (Å²) in [6.45, 7) is 2.66. The topological polar surface area (TPSA) is 73.3 Å². The standard InChI is InChI=1S/C12H20FN3O/c1-8(5-6-17-2)12(16-15)10-7-9(13)3-4-11(10)14/h3-4,7-8,12,16H,5-6,14-15H2,1-2H3.